The summed E-state index contributed by atoms with van der Waals surface area (Å²) in [7, 11) is 0. The molecule has 0 amide bonds. The number of halogens is 1. The minimum Gasteiger partial charge on any atom is -0.370 e. The van der Waals surface area contributed by atoms with Gasteiger partial charge in [0.1, 0.15) is 17.3 Å². The minimum absolute atomic E-state index is 0.545. The van der Waals surface area contributed by atoms with Crippen molar-refractivity contribution >= 4 is 17.4 Å². The van der Waals surface area contributed by atoms with E-state index in [1.165, 1.54) is 6.33 Å². The van der Waals surface area contributed by atoms with Gasteiger partial charge >= 0.3 is 0 Å². The summed E-state index contributed by atoms with van der Waals surface area (Å²) in [6.45, 7) is 4.90. The molecule has 0 bridgehead atoms. The second-order valence-electron chi connectivity index (χ2n) is 2.38. The van der Waals surface area contributed by atoms with Crippen LogP contribution in [0.4, 0.5) is 5.82 Å². The molecule has 0 aliphatic rings. The van der Waals surface area contributed by atoms with Gasteiger partial charge < -0.3 is 5.32 Å². The highest BCUT2D eigenvalue weighted by Gasteiger charge is 2.05. The van der Waals surface area contributed by atoms with Gasteiger partial charge in [-0.05, 0) is 13.3 Å². The summed E-state index contributed by atoms with van der Waals surface area (Å²) in [4.78, 5) is 8.00. The number of hydrogen-bond donors (Lipinski definition) is 1. The van der Waals surface area contributed by atoms with Gasteiger partial charge in [-0.2, -0.15) is 0 Å². The lowest BCUT2D eigenvalue weighted by atomic mass is 10.2. The SMILES string of the molecule is CCNc1ncnc(Cl)c1CC. The fourth-order valence-electron chi connectivity index (χ4n) is 1.02. The van der Waals surface area contributed by atoms with Crippen LogP contribution in [0, 0.1) is 0 Å². The summed E-state index contributed by atoms with van der Waals surface area (Å²) in [5.74, 6) is 0.847. The van der Waals surface area contributed by atoms with E-state index in [1.807, 2.05) is 13.8 Å². The molecule has 0 saturated carbocycles. The van der Waals surface area contributed by atoms with Crippen molar-refractivity contribution in [3.8, 4) is 0 Å². The molecule has 0 fully saturated rings. The van der Waals surface area contributed by atoms with E-state index >= 15 is 0 Å². The van der Waals surface area contributed by atoms with Gasteiger partial charge in [-0.1, -0.05) is 18.5 Å². The molecule has 3 nitrogen and oxygen atoms in total. The van der Waals surface area contributed by atoms with Crippen LogP contribution in [-0.2, 0) is 6.42 Å². The average molecular weight is 186 g/mol. The average Bonchev–Trinajstić information content (AvgIpc) is 2.05. The van der Waals surface area contributed by atoms with Crippen molar-refractivity contribution in [1.29, 1.82) is 0 Å². The van der Waals surface area contributed by atoms with Crippen molar-refractivity contribution in [1.82, 2.24) is 9.97 Å². The molecule has 0 radical (unpaired) electrons. The molecular formula is C8H12ClN3. The third kappa shape index (κ3) is 1.85. The zero-order valence-corrected chi connectivity index (χ0v) is 8.02. The van der Waals surface area contributed by atoms with Crippen molar-refractivity contribution in [2.24, 2.45) is 0 Å². The summed E-state index contributed by atoms with van der Waals surface area (Å²) >= 11 is 5.87. The third-order valence-electron chi connectivity index (χ3n) is 1.59. The molecule has 0 atom stereocenters. The maximum atomic E-state index is 5.87. The molecule has 0 saturated heterocycles. The molecule has 0 unspecified atom stereocenters. The quantitative estimate of drug-likeness (QED) is 0.734. The van der Waals surface area contributed by atoms with Crippen molar-refractivity contribution < 1.29 is 0 Å². The molecular weight excluding hydrogens is 174 g/mol. The Kier molecular flexibility index (Phi) is 3.29. The van der Waals surface area contributed by atoms with E-state index in [4.69, 9.17) is 11.6 Å². The molecule has 0 aromatic carbocycles. The largest absolute Gasteiger partial charge is 0.370 e. The van der Waals surface area contributed by atoms with Crippen LogP contribution in [-0.4, -0.2) is 16.5 Å². The van der Waals surface area contributed by atoms with Crippen LogP contribution in [0.5, 0.6) is 0 Å². The van der Waals surface area contributed by atoms with E-state index in [0.717, 1.165) is 24.3 Å². The van der Waals surface area contributed by atoms with Crippen LogP contribution < -0.4 is 5.32 Å². The van der Waals surface area contributed by atoms with Gasteiger partial charge in [0.25, 0.3) is 0 Å². The number of rotatable bonds is 3. The maximum Gasteiger partial charge on any atom is 0.137 e. The second-order valence-corrected chi connectivity index (χ2v) is 2.73. The fourth-order valence-corrected chi connectivity index (χ4v) is 1.29. The summed E-state index contributed by atoms with van der Waals surface area (Å²) in [5.41, 5.74) is 0.987. The molecule has 0 aliphatic heterocycles. The van der Waals surface area contributed by atoms with Crippen molar-refractivity contribution in [3.05, 3.63) is 17.0 Å². The highest BCUT2D eigenvalue weighted by molar-refractivity contribution is 6.30. The van der Waals surface area contributed by atoms with E-state index in [-0.39, 0.29) is 0 Å². The van der Waals surface area contributed by atoms with Gasteiger partial charge in [-0.15, -0.1) is 0 Å². The van der Waals surface area contributed by atoms with Crippen molar-refractivity contribution in [2.45, 2.75) is 20.3 Å². The maximum absolute atomic E-state index is 5.87. The lowest BCUT2D eigenvalue weighted by Gasteiger charge is -2.07. The monoisotopic (exact) mass is 185 g/mol. The Morgan fingerprint density at radius 3 is 2.75 bits per heavy atom. The third-order valence-corrected chi connectivity index (χ3v) is 1.92. The molecule has 66 valence electrons. The summed E-state index contributed by atoms with van der Waals surface area (Å²) < 4.78 is 0. The molecule has 1 heterocycles. The summed E-state index contributed by atoms with van der Waals surface area (Å²) in [6, 6.07) is 0. The Bertz CT molecular complexity index is 262. The van der Waals surface area contributed by atoms with Crippen LogP contribution in [0.25, 0.3) is 0 Å². The Balaban J connectivity index is 3.00. The van der Waals surface area contributed by atoms with Crippen LogP contribution in [0.1, 0.15) is 19.4 Å². The van der Waals surface area contributed by atoms with Gasteiger partial charge in [0.15, 0.2) is 0 Å². The molecule has 0 aliphatic carbocycles. The topological polar surface area (TPSA) is 37.8 Å². The van der Waals surface area contributed by atoms with Crippen LogP contribution in [0.15, 0.2) is 6.33 Å². The normalized spacial score (nSPS) is 9.92. The van der Waals surface area contributed by atoms with Gasteiger partial charge in [0.2, 0.25) is 0 Å². The zero-order chi connectivity index (χ0) is 8.97. The highest BCUT2D eigenvalue weighted by Crippen LogP contribution is 2.19. The Hall–Kier alpha value is -0.830. The lowest BCUT2D eigenvalue weighted by molar-refractivity contribution is 1.02. The number of nitrogens with zero attached hydrogens (tertiary/aromatic N) is 2. The summed E-state index contributed by atoms with van der Waals surface area (Å²) in [6.07, 6.45) is 2.32. The minimum atomic E-state index is 0.545. The number of hydrogen-bond acceptors (Lipinski definition) is 3. The molecule has 12 heavy (non-hydrogen) atoms. The Morgan fingerprint density at radius 2 is 2.17 bits per heavy atom. The Morgan fingerprint density at radius 1 is 1.42 bits per heavy atom. The predicted octanol–water partition coefficient (Wildman–Crippen LogP) is 2.12. The highest BCUT2D eigenvalue weighted by atomic mass is 35.5. The first kappa shape index (κ1) is 9.26. The van der Waals surface area contributed by atoms with Crippen molar-refractivity contribution in [2.75, 3.05) is 11.9 Å². The molecule has 1 aromatic heterocycles. The first-order chi connectivity index (χ1) is 5.79. The van der Waals surface area contributed by atoms with Gasteiger partial charge in [-0.3, -0.25) is 0 Å². The number of nitrogens with one attached hydrogen (secondary N) is 1. The first-order valence-corrected chi connectivity index (χ1v) is 4.40. The molecule has 4 heteroatoms. The molecule has 0 spiro atoms. The Labute approximate surface area is 77.2 Å². The first-order valence-electron chi connectivity index (χ1n) is 4.02. The molecule has 1 rings (SSSR count). The molecule has 1 N–H and O–H groups in total. The number of anilines is 1. The smallest absolute Gasteiger partial charge is 0.137 e. The zero-order valence-electron chi connectivity index (χ0n) is 7.26. The van der Waals surface area contributed by atoms with Gasteiger partial charge in [0.05, 0.1) is 0 Å². The van der Waals surface area contributed by atoms with Crippen LogP contribution >= 0.6 is 11.6 Å². The van der Waals surface area contributed by atoms with E-state index in [9.17, 15) is 0 Å². The lowest BCUT2D eigenvalue weighted by Crippen LogP contribution is -2.04. The molecule has 1 aromatic rings. The van der Waals surface area contributed by atoms with Crippen molar-refractivity contribution in [3.63, 3.8) is 0 Å². The van der Waals surface area contributed by atoms with Crippen LogP contribution in [0.2, 0.25) is 5.15 Å². The van der Waals surface area contributed by atoms with Gasteiger partial charge in [0, 0.05) is 12.1 Å². The second kappa shape index (κ2) is 4.26. The summed E-state index contributed by atoms with van der Waals surface area (Å²) in [5, 5.41) is 3.68. The van der Waals surface area contributed by atoms with Gasteiger partial charge in [-0.25, -0.2) is 9.97 Å². The fraction of sp³-hybridized carbons (Fsp3) is 0.500. The van der Waals surface area contributed by atoms with E-state index < -0.39 is 0 Å². The van der Waals surface area contributed by atoms with Crippen LogP contribution in [0.3, 0.4) is 0 Å². The van der Waals surface area contributed by atoms with E-state index in [2.05, 4.69) is 15.3 Å². The number of aromatic nitrogens is 2. The van der Waals surface area contributed by atoms with E-state index in [0.29, 0.717) is 5.15 Å². The predicted molar refractivity (Wildman–Crippen MR) is 50.6 cm³/mol. The van der Waals surface area contributed by atoms with E-state index in [1.54, 1.807) is 0 Å². The standard InChI is InChI=1S/C8H12ClN3/c1-3-6-7(9)11-5-12-8(6)10-4-2/h5H,3-4H2,1-2H3,(H,10,11,12).